The maximum absolute atomic E-state index is 12.2. The van der Waals surface area contributed by atoms with Crippen molar-refractivity contribution < 1.29 is 9.90 Å². The largest absolute Gasteiger partial charge is 0.508 e. The second kappa shape index (κ2) is 5.87. The van der Waals surface area contributed by atoms with Gasteiger partial charge in [0, 0.05) is 31.7 Å². The van der Waals surface area contributed by atoms with E-state index in [4.69, 9.17) is 0 Å². The number of phenolic OH excluding ortho intramolecular Hbond substituents is 1. The molecule has 1 aliphatic rings. The molecule has 98 valence electrons. The summed E-state index contributed by atoms with van der Waals surface area (Å²) in [4.78, 5) is 16.5. The van der Waals surface area contributed by atoms with Crippen molar-refractivity contribution in [1.82, 2.24) is 9.80 Å². The third-order valence-corrected chi connectivity index (χ3v) is 3.29. The third-order valence-electron chi connectivity index (χ3n) is 3.29. The molecule has 1 fully saturated rings. The quantitative estimate of drug-likeness (QED) is 0.883. The first kappa shape index (κ1) is 12.9. The Labute approximate surface area is 108 Å². The lowest BCUT2D eigenvalue weighted by molar-refractivity contribution is 0.0637. The van der Waals surface area contributed by atoms with Crippen molar-refractivity contribution in [1.29, 1.82) is 0 Å². The number of rotatable bonds is 3. The molecule has 1 aliphatic heterocycles. The minimum atomic E-state index is 0.0158. The molecule has 0 saturated carbocycles. The number of nitrogens with zero attached hydrogens (tertiary/aromatic N) is 2. The average Bonchev–Trinajstić information content (AvgIpc) is 2.39. The maximum atomic E-state index is 12.2. The second-order valence-electron chi connectivity index (χ2n) is 4.68. The van der Waals surface area contributed by atoms with E-state index < -0.39 is 0 Å². The molecule has 0 aliphatic carbocycles. The van der Waals surface area contributed by atoms with Gasteiger partial charge in [-0.2, -0.15) is 0 Å². The first-order valence-electron chi connectivity index (χ1n) is 6.51. The van der Waals surface area contributed by atoms with Crippen LogP contribution in [0.1, 0.15) is 23.7 Å². The van der Waals surface area contributed by atoms with Crippen molar-refractivity contribution >= 4 is 5.91 Å². The zero-order chi connectivity index (χ0) is 13.0. The first-order valence-corrected chi connectivity index (χ1v) is 6.51. The van der Waals surface area contributed by atoms with E-state index in [1.54, 1.807) is 18.2 Å². The second-order valence-corrected chi connectivity index (χ2v) is 4.68. The van der Waals surface area contributed by atoms with Gasteiger partial charge in [-0.05, 0) is 31.2 Å². The molecule has 0 aromatic heterocycles. The molecule has 1 aromatic carbocycles. The van der Waals surface area contributed by atoms with Gasteiger partial charge >= 0.3 is 0 Å². The van der Waals surface area contributed by atoms with Crippen LogP contribution in [0.2, 0.25) is 0 Å². The topological polar surface area (TPSA) is 43.8 Å². The zero-order valence-electron chi connectivity index (χ0n) is 10.8. The summed E-state index contributed by atoms with van der Waals surface area (Å²) in [6, 6.07) is 6.56. The number of hydrogen-bond acceptors (Lipinski definition) is 3. The summed E-state index contributed by atoms with van der Waals surface area (Å²) in [5, 5.41) is 9.39. The lowest BCUT2D eigenvalue weighted by Gasteiger charge is -2.34. The minimum absolute atomic E-state index is 0.0158. The van der Waals surface area contributed by atoms with Crippen molar-refractivity contribution in [3.8, 4) is 5.75 Å². The Hall–Kier alpha value is -1.55. The molecule has 0 spiro atoms. The molecule has 1 heterocycles. The Kier molecular flexibility index (Phi) is 4.20. The number of carbonyl (C=O) groups excluding carboxylic acids is 1. The smallest absolute Gasteiger partial charge is 0.254 e. The number of carbonyl (C=O) groups is 1. The van der Waals surface area contributed by atoms with Gasteiger partial charge in [0.15, 0.2) is 0 Å². The van der Waals surface area contributed by atoms with E-state index in [1.807, 2.05) is 4.90 Å². The molecule has 2 rings (SSSR count). The summed E-state index contributed by atoms with van der Waals surface area (Å²) in [6.07, 6.45) is 1.15. The highest BCUT2D eigenvalue weighted by atomic mass is 16.3. The summed E-state index contributed by atoms with van der Waals surface area (Å²) in [5.74, 6) is 0.160. The molecule has 18 heavy (non-hydrogen) atoms. The van der Waals surface area contributed by atoms with Crippen molar-refractivity contribution in [3.63, 3.8) is 0 Å². The molecular formula is C14H20N2O2. The lowest BCUT2D eigenvalue weighted by Crippen LogP contribution is -2.48. The minimum Gasteiger partial charge on any atom is -0.508 e. The molecule has 4 nitrogen and oxygen atoms in total. The van der Waals surface area contributed by atoms with Crippen LogP contribution in [0.15, 0.2) is 24.3 Å². The fourth-order valence-electron chi connectivity index (χ4n) is 2.31. The van der Waals surface area contributed by atoms with Crippen LogP contribution in [-0.2, 0) is 0 Å². The van der Waals surface area contributed by atoms with Gasteiger partial charge < -0.3 is 10.0 Å². The number of amides is 1. The molecule has 0 unspecified atom stereocenters. The normalized spacial score (nSPS) is 16.8. The summed E-state index contributed by atoms with van der Waals surface area (Å²) in [6.45, 7) is 6.71. The van der Waals surface area contributed by atoms with Crippen molar-refractivity contribution in [2.24, 2.45) is 0 Å². The number of aromatic hydroxyl groups is 1. The van der Waals surface area contributed by atoms with E-state index in [9.17, 15) is 9.90 Å². The highest BCUT2D eigenvalue weighted by Gasteiger charge is 2.21. The zero-order valence-corrected chi connectivity index (χ0v) is 10.8. The maximum Gasteiger partial charge on any atom is 0.254 e. The predicted molar refractivity (Wildman–Crippen MR) is 70.7 cm³/mol. The Balaban J connectivity index is 1.95. The van der Waals surface area contributed by atoms with E-state index >= 15 is 0 Å². The molecule has 0 atom stereocenters. The van der Waals surface area contributed by atoms with Crippen LogP contribution in [-0.4, -0.2) is 53.5 Å². The molecule has 0 bridgehead atoms. The van der Waals surface area contributed by atoms with E-state index in [-0.39, 0.29) is 11.7 Å². The molecule has 1 aromatic rings. The van der Waals surface area contributed by atoms with Gasteiger partial charge in [-0.1, -0.05) is 13.0 Å². The van der Waals surface area contributed by atoms with Crippen molar-refractivity contribution in [2.75, 3.05) is 32.7 Å². The van der Waals surface area contributed by atoms with Crippen LogP contribution in [0.25, 0.3) is 0 Å². The van der Waals surface area contributed by atoms with E-state index in [0.717, 1.165) is 39.1 Å². The van der Waals surface area contributed by atoms with Gasteiger partial charge in [0.05, 0.1) is 0 Å². The van der Waals surface area contributed by atoms with Gasteiger partial charge in [-0.3, -0.25) is 9.69 Å². The molecule has 4 heteroatoms. The lowest BCUT2D eigenvalue weighted by atomic mass is 10.1. The number of benzene rings is 1. The molecule has 0 radical (unpaired) electrons. The van der Waals surface area contributed by atoms with Crippen molar-refractivity contribution in [3.05, 3.63) is 29.8 Å². The highest BCUT2D eigenvalue weighted by Crippen LogP contribution is 2.14. The van der Waals surface area contributed by atoms with E-state index in [0.29, 0.717) is 5.56 Å². The molecule has 1 N–H and O–H groups in total. The Morgan fingerprint density at radius 1 is 1.28 bits per heavy atom. The van der Waals surface area contributed by atoms with Gasteiger partial charge in [0.1, 0.15) is 5.75 Å². The van der Waals surface area contributed by atoms with Gasteiger partial charge in [0.25, 0.3) is 5.91 Å². The molecular weight excluding hydrogens is 228 g/mol. The Bertz CT molecular complexity index is 412. The van der Waals surface area contributed by atoms with Crippen LogP contribution in [0, 0.1) is 0 Å². The van der Waals surface area contributed by atoms with Crippen LogP contribution >= 0.6 is 0 Å². The van der Waals surface area contributed by atoms with Crippen LogP contribution in [0.5, 0.6) is 5.75 Å². The first-order chi connectivity index (χ1) is 8.70. The summed E-state index contributed by atoms with van der Waals surface area (Å²) >= 11 is 0. The van der Waals surface area contributed by atoms with Gasteiger partial charge in [-0.25, -0.2) is 0 Å². The van der Waals surface area contributed by atoms with Crippen LogP contribution < -0.4 is 0 Å². The summed E-state index contributed by atoms with van der Waals surface area (Å²) in [7, 11) is 0. The monoisotopic (exact) mass is 248 g/mol. The van der Waals surface area contributed by atoms with E-state index in [1.165, 1.54) is 6.07 Å². The van der Waals surface area contributed by atoms with Gasteiger partial charge in [0.2, 0.25) is 0 Å². The number of phenols is 1. The van der Waals surface area contributed by atoms with Crippen LogP contribution in [0.3, 0.4) is 0 Å². The Morgan fingerprint density at radius 2 is 2.00 bits per heavy atom. The van der Waals surface area contributed by atoms with Crippen LogP contribution in [0.4, 0.5) is 0 Å². The SMILES string of the molecule is CCCN1CCN(C(=O)c2cccc(O)c2)CC1. The van der Waals surface area contributed by atoms with Crippen molar-refractivity contribution in [2.45, 2.75) is 13.3 Å². The summed E-state index contributed by atoms with van der Waals surface area (Å²) in [5.41, 5.74) is 0.568. The average molecular weight is 248 g/mol. The Morgan fingerprint density at radius 3 is 2.61 bits per heavy atom. The molecule has 1 amide bonds. The van der Waals surface area contributed by atoms with Gasteiger partial charge in [-0.15, -0.1) is 0 Å². The standard InChI is InChI=1S/C14H20N2O2/c1-2-6-15-7-9-16(10-8-15)14(18)12-4-3-5-13(17)11-12/h3-5,11,17H,2,6-10H2,1H3. The number of hydrogen-bond donors (Lipinski definition) is 1. The predicted octanol–water partition coefficient (Wildman–Crippen LogP) is 1.56. The highest BCUT2D eigenvalue weighted by molar-refractivity contribution is 5.94. The van der Waals surface area contributed by atoms with E-state index in [2.05, 4.69) is 11.8 Å². The molecule has 1 saturated heterocycles. The third kappa shape index (κ3) is 3.01. The summed E-state index contributed by atoms with van der Waals surface area (Å²) < 4.78 is 0. The fourth-order valence-corrected chi connectivity index (χ4v) is 2.31. The number of piperazine rings is 1. The fraction of sp³-hybridized carbons (Fsp3) is 0.500.